The number of carbonyl (C=O) groups is 2. The first-order valence-corrected chi connectivity index (χ1v) is 6.75. The molecule has 0 radical (unpaired) electrons. The Kier molecular flexibility index (Phi) is 3.01. The van der Waals surface area contributed by atoms with Crippen molar-refractivity contribution in [2.75, 3.05) is 0 Å². The molecule has 4 heteroatoms. The van der Waals surface area contributed by atoms with E-state index in [1.54, 1.807) is 18.2 Å². The van der Waals surface area contributed by atoms with Crippen LogP contribution in [-0.2, 0) is 4.79 Å². The predicted octanol–water partition coefficient (Wildman–Crippen LogP) is 2.13. The van der Waals surface area contributed by atoms with Crippen LogP contribution in [0.3, 0.4) is 0 Å². The van der Waals surface area contributed by atoms with E-state index in [1.165, 1.54) is 18.9 Å². The zero-order chi connectivity index (χ0) is 13.4. The van der Waals surface area contributed by atoms with Crippen LogP contribution in [0, 0.1) is 17.8 Å². The Morgan fingerprint density at radius 3 is 2.68 bits per heavy atom. The first kappa shape index (κ1) is 12.2. The van der Waals surface area contributed by atoms with Gasteiger partial charge in [0.1, 0.15) is 5.75 Å². The van der Waals surface area contributed by atoms with Crippen molar-refractivity contribution < 1.29 is 14.3 Å². The van der Waals surface area contributed by atoms with E-state index in [0.29, 0.717) is 23.1 Å². The van der Waals surface area contributed by atoms with Crippen LogP contribution >= 0.6 is 0 Å². The number of nitrogens with two attached hydrogens (primary N) is 1. The van der Waals surface area contributed by atoms with Gasteiger partial charge in [0, 0.05) is 5.56 Å². The molecule has 0 aliphatic heterocycles. The van der Waals surface area contributed by atoms with Crippen molar-refractivity contribution in [1.82, 2.24) is 0 Å². The third kappa shape index (κ3) is 2.35. The van der Waals surface area contributed by atoms with Gasteiger partial charge in [0.2, 0.25) is 5.91 Å². The molecule has 0 saturated heterocycles. The highest BCUT2D eigenvalue weighted by atomic mass is 16.5. The summed E-state index contributed by atoms with van der Waals surface area (Å²) in [6.07, 6.45) is 4.53. The minimum absolute atomic E-state index is 0.0379. The number of amides is 1. The summed E-state index contributed by atoms with van der Waals surface area (Å²) in [5, 5.41) is 0. The first-order chi connectivity index (χ1) is 9.13. The van der Waals surface area contributed by atoms with Crippen LogP contribution in [0.1, 0.15) is 36.0 Å². The van der Waals surface area contributed by atoms with Crippen LogP contribution in [-0.4, -0.2) is 11.9 Å². The van der Waals surface area contributed by atoms with Gasteiger partial charge in [-0.2, -0.15) is 0 Å². The van der Waals surface area contributed by atoms with Gasteiger partial charge in [-0.1, -0.05) is 12.5 Å². The molecule has 1 aromatic rings. The van der Waals surface area contributed by atoms with Gasteiger partial charge in [0.25, 0.3) is 0 Å². The highest BCUT2D eigenvalue weighted by Crippen LogP contribution is 2.48. The summed E-state index contributed by atoms with van der Waals surface area (Å²) >= 11 is 0. The number of fused-ring (bicyclic) bond motifs is 2. The molecular formula is C15H17NO3. The zero-order valence-corrected chi connectivity index (χ0v) is 10.7. The first-order valence-electron chi connectivity index (χ1n) is 6.75. The molecule has 0 heterocycles. The molecule has 3 rings (SSSR count). The average Bonchev–Trinajstić information content (AvgIpc) is 3.01. The van der Waals surface area contributed by atoms with Crippen LogP contribution in [0.25, 0.3) is 0 Å². The van der Waals surface area contributed by atoms with E-state index in [1.807, 2.05) is 0 Å². The fourth-order valence-corrected chi connectivity index (χ4v) is 3.44. The lowest BCUT2D eigenvalue weighted by atomic mass is 9.89. The number of ether oxygens (including phenoxy) is 1. The van der Waals surface area contributed by atoms with Gasteiger partial charge in [-0.15, -0.1) is 0 Å². The second kappa shape index (κ2) is 4.68. The zero-order valence-electron chi connectivity index (χ0n) is 10.7. The van der Waals surface area contributed by atoms with E-state index in [-0.39, 0.29) is 11.9 Å². The van der Waals surface area contributed by atoms with Gasteiger partial charge in [-0.3, -0.25) is 9.59 Å². The molecule has 1 aromatic carbocycles. The van der Waals surface area contributed by atoms with Gasteiger partial charge < -0.3 is 10.5 Å². The number of esters is 1. The molecule has 2 aliphatic carbocycles. The summed E-state index contributed by atoms with van der Waals surface area (Å²) in [7, 11) is 0. The molecule has 4 nitrogen and oxygen atoms in total. The van der Waals surface area contributed by atoms with Crippen LogP contribution < -0.4 is 10.5 Å². The Morgan fingerprint density at radius 1 is 1.21 bits per heavy atom. The Labute approximate surface area is 111 Å². The number of primary amides is 1. The second-order valence-corrected chi connectivity index (χ2v) is 5.59. The Balaban J connectivity index is 1.69. The maximum Gasteiger partial charge on any atom is 0.314 e. The molecule has 2 aliphatic rings. The van der Waals surface area contributed by atoms with E-state index >= 15 is 0 Å². The molecule has 2 N–H and O–H groups in total. The van der Waals surface area contributed by atoms with Crippen LogP contribution in [0.15, 0.2) is 24.3 Å². The third-order valence-electron chi connectivity index (χ3n) is 4.38. The van der Waals surface area contributed by atoms with Gasteiger partial charge in [0.15, 0.2) is 0 Å². The molecule has 2 bridgehead atoms. The molecule has 2 saturated carbocycles. The molecule has 3 atom stereocenters. The second-order valence-electron chi connectivity index (χ2n) is 5.59. The van der Waals surface area contributed by atoms with Crippen molar-refractivity contribution in [1.29, 1.82) is 0 Å². The number of carbonyl (C=O) groups excluding carboxylic acids is 2. The van der Waals surface area contributed by atoms with Crippen molar-refractivity contribution in [2.24, 2.45) is 23.5 Å². The molecule has 3 unspecified atom stereocenters. The summed E-state index contributed by atoms with van der Waals surface area (Å²) in [5.41, 5.74) is 5.57. The van der Waals surface area contributed by atoms with E-state index in [2.05, 4.69) is 0 Å². The summed E-state index contributed by atoms with van der Waals surface area (Å²) in [6, 6.07) is 6.48. The summed E-state index contributed by atoms with van der Waals surface area (Å²) in [5.74, 6) is 0.975. The van der Waals surface area contributed by atoms with Crippen LogP contribution in [0.4, 0.5) is 0 Å². The van der Waals surface area contributed by atoms with E-state index in [0.717, 1.165) is 12.8 Å². The molecule has 0 spiro atoms. The summed E-state index contributed by atoms with van der Waals surface area (Å²) in [6.45, 7) is 0. The van der Waals surface area contributed by atoms with E-state index < -0.39 is 5.91 Å². The Morgan fingerprint density at radius 2 is 2.05 bits per heavy atom. The van der Waals surface area contributed by atoms with E-state index in [4.69, 9.17) is 10.5 Å². The van der Waals surface area contributed by atoms with Crippen molar-refractivity contribution in [3.05, 3.63) is 29.8 Å². The third-order valence-corrected chi connectivity index (χ3v) is 4.38. The number of hydrogen-bond acceptors (Lipinski definition) is 3. The maximum absolute atomic E-state index is 12.1. The number of benzene rings is 1. The highest BCUT2D eigenvalue weighted by Gasteiger charge is 2.44. The lowest BCUT2D eigenvalue weighted by Crippen LogP contribution is -2.25. The Hall–Kier alpha value is -1.84. The van der Waals surface area contributed by atoms with Gasteiger partial charge in [0.05, 0.1) is 5.92 Å². The molecule has 1 amide bonds. The summed E-state index contributed by atoms with van der Waals surface area (Å²) in [4.78, 5) is 23.2. The van der Waals surface area contributed by atoms with Crippen LogP contribution in [0.2, 0.25) is 0 Å². The van der Waals surface area contributed by atoms with Crippen molar-refractivity contribution in [3.63, 3.8) is 0 Å². The predicted molar refractivity (Wildman–Crippen MR) is 69.5 cm³/mol. The van der Waals surface area contributed by atoms with Gasteiger partial charge in [-0.05, 0) is 49.3 Å². The smallest absolute Gasteiger partial charge is 0.314 e. The largest absolute Gasteiger partial charge is 0.426 e. The molecule has 19 heavy (non-hydrogen) atoms. The Bertz CT molecular complexity index is 526. The van der Waals surface area contributed by atoms with Gasteiger partial charge >= 0.3 is 5.97 Å². The van der Waals surface area contributed by atoms with Gasteiger partial charge in [-0.25, -0.2) is 0 Å². The minimum atomic E-state index is -0.516. The topological polar surface area (TPSA) is 69.4 Å². The number of hydrogen-bond donors (Lipinski definition) is 1. The number of rotatable bonds is 3. The molecular weight excluding hydrogens is 242 g/mol. The summed E-state index contributed by atoms with van der Waals surface area (Å²) < 4.78 is 5.40. The van der Waals surface area contributed by atoms with Crippen LogP contribution in [0.5, 0.6) is 5.75 Å². The SMILES string of the molecule is NC(=O)c1cccc(OC(=O)C2CC3CCC2C3)c1. The standard InChI is InChI=1S/C15H17NO3/c16-14(17)11-2-1-3-12(8-11)19-15(18)13-7-9-4-5-10(13)6-9/h1-3,8-10,13H,4-7H2,(H2,16,17). The molecule has 0 aromatic heterocycles. The van der Waals surface area contributed by atoms with Crippen molar-refractivity contribution in [2.45, 2.75) is 25.7 Å². The fourth-order valence-electron chi connectivity index (χ4n) is 3.44. The molecule has 2 fully saturated rings. The lowest BCUT2D eigenvalue weighted by Gasteiger charge is -2.19. The monoisotopic (exact) mass is 259 g/mol. The maximum atomic E-state index is 12.1. The normalized spacial score (nSPS) is 28.3. The average molecular weight is 259 g/mol. The van der Waals surface area contributed by atoms with Crippen molar-refractivity contribution in [3.8, 4) is 5.75 Å². The molecule has 100 valence electrons. The minimum Gasteiger partial charge on any atom is -0.426 e. The fraction of sp³-hybridized carbons (Fsp3) is 0.467. The lowest BCUT2D eigenvalue weighted by molar-refractivity contribution is -0.140. The van der Waals surface area contributed by atoms with Crippen molar-refractivity contribution >= 4 is 11.9 Å². The highest BCUT2D eigenvalue weighted by molar-refractivity contribution is 5.93. The van der Waals surface area contributed by atoms with E-state index in [9.17, 15) is 9.59 Å². The quantitative estimate of drug-likeness (QED) is 0.667.